The minimum atomic E-state index is -3.08. The van der Waals surface area contributed by atoms with E-state index >= 15 is 0 Å². The molecule has 1 saturated heterocycles. The first kappa shape index (κ1) is 30.0. The molecule has 4 aromatic heterocycles. The predicted octanol–water partition coefficient (Wildman–Crippen LogP) is 4.51. The van der Waals surface area contributed by atoms with Crippen LogP contribution in [0.25, 0.3) is 28.0 Å². The Balaban J connectivity index is 1.42. The van der Waals surface area contributed by atoms with E-state index in [0.717, 1.165) is 64.9 Å². The average molecular weight is 619 g/mol. The van der Waals surface area contributed by atoms with Crippen LogP contribution in [0.15, 0.2) is 42.9 Å². The molecule has 0 spiro atoms. The van der Waals surface area contributed by atoms with Gasteiger partial charge in [0.05, 0.1) is 48.9 Å². The molecule has 0 unspecified atom stereocenters. The van der Waals surface area contributed by atoms with E-state index in [0.29, 0.717) is 18.1 Å². The first-order chi connectivity index (χ1) is 21.1. The minimum absolute atomic E-state index is 0.0633. The normalized spacial score (nSPS) is 22.1. The maximum absolute atomic E-state index is 12.2. The smallest absolute Gasteiger partial charge is 0.308 e. The molecule has 12 heteroatoms. The van der Waals surface area contributed by atoms with Gasteiger partial charge >= 0.3 is 5.97 Å². The monoisotopic (exact) mass is 618 g/mol. The highest BCUT2D eigenvalue weighted by Gasteiger charge is 2.38. The van der Waals surface area contributed by atoms with E-state index in [4.69, 9.17) is 24.5 Å². The van der Waals surface area contributed by atoms with Crippen LogP contribution in [0.5, 0.6) is 5.75 Å². The highest BCUT2D eigenvalue weighted by Crippen LogP contribution is 2.40. The van der Waals surface area contributed by atoms with Crippen LogP contribution < -0.4 is 9.64 Å². The molecule has 0 amide bonds. The van der Waals surface area contributed by atoms with Crippen LogP contribution in [0.4, 0.5) is 5.69 Å². The molecule has 0 aromatic carbocycles. The number of hydrogen-bond acceptors (Lipinski definition) is 10. The van der Waals surface area contributed by atoms with Gasteiger partial charge in [0.25, 0.3) is 0 Å². The van der Waals surface area contributed by atoms with E-state index in [1.165, 1.54) is 13.4 Å². The maximum Gasteiger partial charge on any atom is 0.308 e. The highest BCUT2D eigenvalue weighted by molar-refractivity contribution is 7.90. The van der Waals surface area contributed by atoms with E-state index in [1.807, 2.05) is 36.0 Å². The second-order valence-electron chi connectivity index (χ2n) is 12.1. The van der Waals surface area contributed by atoms with Gasteiger partial charge in [-0.25, -0.2) is 18.1 Å². The van der Waals surface area contributed by atoms with Crippen molar-refractivity contribution in [3.63, 3.8) is 0 Å². The zero-order valence-electron chi connectivity index (χ0n) is 25.7. The number of anilines is 1. The van der Waals surface area contributed by atoms with Crippen molar-refractivity contribution in [3.8, 4) is 22.8 Å². The van der Waals surface area contributed by atoms with Crippen LogP contribution in [0.1, 0.15) is 49.9 Å². The molecular weight excluding hydrogens is 580 g/mol. The van der Waals surface area contributed by atoms with Crippen LogP contribution in [0.3, 0.4) is 0 Å². The van der Waals surface area contributed by atoms with Crippen molar-refractivity contribution in [3.05, 3.63) is 54.2 Å². The van der Waals surface area contributed by atoms with Crippen molar-refractivity contribution in [2.75, 3.05) is 37.7 Å². The van der Waals surface area contributed by atoms with Gasteiger partial charge in [0, 0.05) is 71.6 Å². The standard InChI is InChI=1S/C32H38N6O5S/c1-19-25-16-34-38(29(25)14-28(35-19)26-15-33-11-10-30(26)42-3)31-13-24(37-17-23(20(37)2)18-44(5,40)41)12-27(36-31)21-6-8-22(9-7-21)32(39)43-4/h10-16,20-23H,6-9,17-18H2,1-5H3/t20-,21?,22?,23-/m1/s1. The molecule has 5 heterocycles. The van der Waals surface area contributed by atoms with E-state index < -0.39 is 9.84 Å². The van der Waals surface area contributed by atoms with Gasteiger partial charge in [-0.1, -0.05) is 0 Å². The van der Waals surface area contributed by atoms with Crippen LogP contribution in [-0.4, -0.2) is 77.9 Å². The minimum Gasteiger partial charge on any atom is -0.496 e. The Labute approximate surface area is 257 Å². The molecule has 1 saturated carbocycles. The SMILES string of the molecule is COC(=O)C1CCC(c2cc(N3C[C@H](CS(C)(=O)=O)[C@H]3C)cc(-n3ncc4c(C)nc(-c5cnccc5OC)cc43)n2)CC1. The summed E-state index contributed by atoms with van der Waals surface area (Å²) in [7, 11) is -0.00771. The Kier molecular flexibility index (Phi) is 8.04. The number of nitrogens with zero attached hydrogens (tertiary/aromatic N) is 6. The van der Waals surface area contributed by atoms with Gasteiger partial charge in [-0.05, 0) is 57.7 Å². The first-order valence-corrected chi connectivity index (χ1v) is 17.0. The zero-order valence-corrected chi connectivity index (χ0v) is 26.5. The van der Waals surface area contributed by atoms with Crippen LogP contribution in [-0.2, 0) is 19.4 Å². The molecule has 0 N–H and O–H groups in total. The molecule has 1 aliphatic heterocycles. The zero-order chi connectivity index (χ0) is 31.2. The molecular formula is C32H38N6O5S. The van der Waals surface area contributed by atoms with Crippen molar-refractivity contribution < 1.29 is 22.7 Å². The maximum atomic E-state index is 12.2. The third-order valence-electron chi connectivity index (χ3n) is 9.20. The molecule has 2 fully saturated rings. The van der Waals surface area contributed by atoms with Crippen molar-refractivity contribution in [1.29, 1.82) is 0 Å². The number of sulfone groups is 1. The van der Waals surface area contributed by atoms with Gasteiger partial charge in [0.15, 0.2) is 5.82 Å². The second kappa shape index (κ2) is 11.8. The molecule has 2 aliphatic rings. The average Bonchev–Trinajstić information content (AvgIpc) is 3.46. The van der Waals surface area contributed by atoms with Crippen LogP contribution in [0, 0.1) is 18.8 Å². The Morgan fingerprint density at radius 3 is 2.52 bits per heavy atom. The number of pyridine rings is 3. The lowest BCUT2D eigenvalue weighted by Crippen LogP contribution is -2.57. The number of ether oxygens (including phenoxy) is 2. The van der Waals surface area contributed by atoms with Crippen molar-refractivity contribution in [2.45, 2.75) is 51.5 Å². The quantitative estimate of drug-likeness (QED) is 0.260. The molecule has 0 bridgehead atoms. The highest BCUT2D eigenvalue weighted by atomic mass is 32.2. The first-order valence-electron chi connectivity index (χ1n) is 14.9. The van der Waals surface area contributed by atoms with E-state index in [2.05, 4.69) is 22.9 Å². The summed E-state index contributed by atoms with van der Waals surface area (Å²) in [6.45, 7) is 4.69. The van der Waals surface area contributed by atoms with Crippen molar-refractivity contribution >= 4 is 32.4 Å². The predicted molar refractivity (Wildman–Crippen MR) is 168 cm³/mol. The number of carbonyl (C=O) groups is 1. The molecule has 11 nitrogen and oxygen atoms in total. The number of carbonyl (C=O) groups excluding carboxylic acids is 1. The number of aryl methyl sites for hydroxylation is 1. The van der Waals surface area contributed by atoms with Gasteiger partial charge in [-0.15, -0.1) is 0 Å². The Bertz CT molecular complexity index is 1820. The molecule has 4 aromatic rings. The van der Waals surface area contributed by atoms with Gasteiger partial charge in [0.1, 0.15) is 15.6 Å². The molecule has 6 rings (SSSR count). The van der Waals surface area contributed by atoms with Gasteiger partial charge in [0.2, 0.25) is 0 Å². The number of hydrogen-bond donors (Lipinski definition) is 0. The third-order valence-corrected chi connectivity index (χ3v) is 10.2. The largest absolute Gasteiger partial charge is 0.496 e. The fourth-order valence-electron chi connectivity index (χ4n) is 6.66. The molecule has 44 heavy (non-hydrogen) atoms. The summed E-state index contributed by atoms with van der Waals surface area (Å²) in [5.41, 5.74) is 5.12. The fourth-order valence-corrected chi connectivity index (χ4v) is 7.82. The molecule has 1 aliphatic carbocycles. The third kappa shape index (κ3) is 5.74. The summed E-state index contributed by atoms with van der Waals surface area (Å²) < 4.78 is 36.5. The number of methoxy groups -OCH3 is 2. The lowest BCUT2D eigenvalue weighted by Gasteiger charge is -2.48. The Morgan fingerprint density at radius 1 is 1.07 bits per heavy atom. The van der Waals surface area contributed by atoms with Gasteiger partial charge in [-0.2, -0.15) is 5.10 Å². The topological polar surface area (TPSA) is 129 Å². The van der Waals surface area contributed by atoms with E-state index in [-0.39, 0.29) is 35.5 Å². The molecule has 0 radical (unpaired) electrons. The Morgan fingerprint density at radius 2 is 1.84 bits per heavy atom. The second-order valence-corrected chi connectivity index (χ2v) is 14.3. The summed E-state index contributed by atoms with van der Waals surface area (Å²) in [5.74, 6) is 1.54. The van der Waals surface area contributed by atoms with Gasteiger partial charge < -0.3 is 14.4 Å². The number of fused-ring (bicyclic) bond motifs is 1. The van der Waals surface area contributed by atoms with E-state index in [1.54, 1.807) is 19.5 Å². The van der Waals surface area contributed by atoms with Crippen LogP contribution >= 0.6 is 0 Å². The summed E-state index contributed by atoms with van der Waals surface area (Å²) >= 11 is 0. The lowest BCUT2D eigenvalue weighted by molar-refractivity contribution is -0.146. The molecule has 232 valence electrons. The summed E-state index contributed by atoms with van der Waals surface area (Å²) in [4.78, 5) is 28.7. The van der Waals surface area contributed by atoms with Crippen molar-refractivity contribution in [2.24, 2.45) is 11.8 Å². The number of rotatable bonds is 8. The summed E-state index contributed by atoms with van der Waals surface area (Å²) in [6, 6.07) is 8.02. The van der Waals surface area contributed by atoms with Gasteiger partial charge in [-0.3, -0.25) is 14.8 Å². The summed E-state index contributed by atoms with van der Waals surface area (Å²) in [5, 5.41) is 5.68. The number of esters is 1. The summed E-state index contributed by atoms with van der Waals surface area (Å²) in [6.07, 6.45) is 9.70. The Hall–Kier alpha value is -4.06. The molecule has 2 atom stereocenters. The fraction of sp³-hybridized carbons (Fsp3) is 0.469. The lowest BCUT2D eigenvalue weighted by atomic mass is 9.80. The van der Waals surface area contributed by atoms with Crippen LogP contribution in [0.2, 0.25) is 0 Å². The number of aromatic nitrogens is 5. The van der Waals surface area contributed by atoms with E-state index in [9.17, 15) is 13.2 Å². The van der Waals surface area contributed by atoms with Crippen molar-refractivity contribution in [1.82, 2.24) is 24.7 Å².